The van der Waals surface area contributed by atoms with E-state index >= 15 is 0 Å². The first kappa shape index (κ1) is 13.9. The number of aryl methyl sites for hydroxylation is 2. The van der Waals surface area contributed by atoms with Gasteiger partial charge in [-0.05, 0) is 54.8 Å². The van der Waals surface area contributed by atoms with Gasteiger partial charge in [0.15, 0.2) is 5.78 Å². The number of halogens is 2. The van der Waals surface area contributed by atoms with Crippen LogP contribution < -0.4 is 0 Å². The van der Waals surface area contributed by atoms with Crippen molar-refractivity contribution in [3.05, 3.63) is 68.9 Å². The summed E-state index contributed by atoms with van der Waals surface area (Å²) < 4.78 is 13.9. The molecule has 0 fully saturated rings. The minimum Gasteiger partial charge on any atom is -0.294 e. The highest BCUT2D eigenvalue weighted by Gasteiger charge is 2.12. The first-order chi connectivity index (χ1) is 8.97. The lowest BCUT2D eigenvalue weighted by Gasteiger charge is -2.08. The highest BCUT2D eigenvalue weighted by Crippen LogP contribution is 2.19. The van der Waals surface area contributed by atoms with E-state index < -0.39 is 0 Å². The van der Waals surface area contributed by atoms with Crippen molar-refractivity contribution >= 4 is 21.7 Å². The molecule has 0 atom stereocenters. The van der Waals surface area contributed by atoms with E-state index in [4.69, 9.17) is 0 Å². The highest BCUT2D eigenvalue weighted by molar-refractivity contribution is 9.10. The average Bonchev–Trinajstić information content (AvgIpc) is 2.35. The van der Waals surface area contributed by atoms with Gasteiger partial charge in [0.2, 0.25) is 0 Å². The van der Waals surface area contributed by atoms with Crippen LogP contribution in [0.15, 0.2) is 40.9 Å². The number of carbonyl (C=O) groups is 1. The van der Waals surface area contributed by atoms with Gasteiger partial charge in [0, 0.05) is 16.5 Å². The number of hydrogen-bond acceptors (Lipinski definition) is 1. The summed E-state index contributed by atoms with van der Waals surface area (Å²) in [6.45, 7) is 3.73. The smallest absolute Gasteiger partial charge is 0.167 e. The molecule has 2 aromatic carbocycles. The standard InChI is InChI=1S/C16H14BrFO/c1-10-3-5-13(17)9-15(10)16(19)8-12-4-6-14(18)7-11(12)2/h3-7,9H,8H2,1-2H3. The van der Waals surface area contributed by atoms with Crippen LogP contribution in [0.5, 0.6) is 0 Å². The van der Waals surface area contributed by atoms with Gasteiger partial charge in [-0.25, -0.2) is 4.39 Å². The molecule has 2 rings (SSSR count). The predicted octanol–water partition coefficient (Wildman–Crippen LogP) is 4.63. The number of ketones is 1. The Morgan fingerprint density at radius 2 is 1.84 bits per heavy atom. The van der Waals surface area contributed by atoms with Crippen molar-refractivity contribution in [3.8, 4) is 0 Å². The van der Waals surface area contributed by atoms with Gasteiger partial charge in [-0.1, -0.05) is 28.1 Å². The summed E-state index contributed by atoms with van der Waals surface area (Å²) in [5.74, 6) is -0.221. The Labute approximate surface area is 120 Å². The topological polar surface area (TPSA) is 17.1 Å². The van der Waals surface area contributed by atoms with Gasteiger partial charge >= 0.3 is 0 Å². The van der Waals surface area contributed by atoms with Crippen LogP contribution in [0.4, 0.5) is 4.39 Å². The van der Waals surface area contributed by atoms with Crippen molar-refractivity contribution in [2.45, 2.75) is 20.3 Å². The van der Waals surface area contributed by atoms with Crippen molar-refractivity contribution in [3.63, 3.8) is 0 Å². The zero-order valence-electron chi connectivity index (χ0n) is 10.8. The van der Waals surface area contributed by atoms with Gasteiger partial charge < -0.3 is 0 Å². The largest absolute Gasteiger partial charge is 0.294 e. The van der Waals surface area contributed by atoms with Crippen LogP contribution in [0.1, 0.15) is 27.0 Å². The molecule has 0 spiro atoms. The van der Waals surface area contributed by atoms with Gasteiger partial charge in [0.1, 0.15) is 5.82 Å². The molecule has 0 N–H and O–H groups in total. The lowest BCUT2D eigenvalue weighted by Crippen LogP contribution is -2.07. The molecule has 0 radical (unpaired) electrons. The van der Waals surface area contributed by atoms with Crippen LogP contribution in [0.2, 0.25) is 0 Å². The van der Waals surface area contributed by atoms with Crippen molar-refractivity contribution in [2.75, 3.05) is 0 Å². The maximum absolute atomic E-state index is 13.0. The van der Waals surface area contributed by atoms with Gasteiger partial charge in [-0.2, -0.15) is 0 Å². The van der Waals surface area contributed by atoms with Crippen LogP contribution in [0, 0.1) is 19.7 Å². The van der Waals surface area contributed by atoms with E-state index in [0.29, 0.717) is 12.0 Å². The van der Waals surface area contributed by atoms with Crippen molar-refractivity contribution in [1.29, 1.82) is 0 Å². The number of hydrogen-bond donors (Lipinski definition) is 0. The van der Waals surface area contributed by atoms with E-state index in [9.17, 15) is 9.18 Å². The minimum atomic E-state index is -0.271. The first-order valence-corrected chi connectivity index (χ1v) is 6.81. The molecule has 0 aromatic heterocycles. The molecule has 1 nitrogen and oxygen atoms in total. The normalized spacial score (nSPS) is 10.5. The molecule has 0 unspecified atom stereocenters. The summed E-state index contributed by atoms with van der Waals surface area (Å²) in [5, 5.41) is 0. The predicted molar refractivity (Wildman–Crippen MR) is 78.1 cm³/mol. The highest BCUT2D eigenvalue weighted by atomic mass is 79.9. The molecule has 0 heterocycles. The molecule has 3 heteroatoms. The molecule has 98 valence electrons. The van der Waals surface area contributed by atoms with E-state index in [1.54, 1.807) is 6.07 Å². The van der Waals surface area contributed by atoms with E-state index in [1.807, 2.05) is 32.0 Å². The molecule has 0 aliphatic rings. The Kier molecular flexibility index (Phi) is 4.15. The molecular weight excluding hydrogens is 307 g/mol. The zero-order valence-corrected chi connectivity index (χ0v) is 12.4. The lowest BCUT2D eigenvalue weighted by atomic mass is 9.97. The Morgan fingerprint density at radius 3 is 2.53 bits per heavy atom. The number of rotatable bonds is 3. The summed E-state index contributed by atoms with van der Waals surface area (Å²) in [6.07, 6.45) is 0.295. The second-order valence-corrected chi connectivity index (χ2v) is 5.55. The van der Waals surface area contributed by atoms with Crippen LogP contribution in [0.25, 0.3) is 0 Å². The van der Waals surface area contributed by atoms with E-state index in [0.717, 1.165) is 21.2 Å². The van der Waals surface area contributed by atoms with Crippen LogP contribution in [-0.4, -0.2) is 5.78 Å². The SMILES string of the molecule is Cc1cc(F)ccc1CC(=O)c1cc(Br)ccc1C. The Hall–Kier alpha value is -1.48. The maximum Gasteiger partial charge on any atom is 0.167 e. The third kappa shape index (κ3) is 3.29. The third-order valence-corrected chi connectivity index (χ3v) is 3.65. The summed E-state index contributed by atoms with van der Waals surface area (Å²) >= 11 is 3.37. The van der Waals surface area contributed by atoms with Crippen molar-refractivity contribution in [2.24, 2.45) is 0 Å². The summed E-state index contributed by atoms with van der Waals surface area (Å²) in [4.78, 5) is 12.3. The monoisotopic (exact) mass is 320 g/mol. The van der Waals surface area contributed by atoms with Crippen LogP contribution >= 0.6 is 15.9 Å². The van der Waals surface area contributed by atoms with Gasteiger partial charge in [0.25, 0.3) is 0 Å². The second-order valence-electron chi connectivity index (χ2n) is 4.63. The molecule has 0 amide bonds. The molecule has 0 bridgehead atoms. The summed E-state index contributed by atoms with van der Waals surface area (Å²) in [6, 6.07) is 10.2. The third-order valence-electron chi connectivity index (χ3n) is 3.16. The molecule has 0 saturated carbocycles. The van der Waals surface area contributed by atoms with Crippen molar-refractivity contribution in [1.82, 2.24) is 0 Å². The van der Waals surface area contributed by atoms with Gasteiger partial charge in [0.05, 0.1) is 0 Å². The molecular formula is C16H14BrFO. The number of Topliss-reactive ketones (excluding diaryl/α,β-unsaturated/α-hetero) is 1. The zero-order chi connectivity index (χ0) is 14.0. The van der Waals surface area contributed by atoms with E-state index in [-0.39, 0.29) is 11.6 Å². The number of benzene rings is 2. The summed E-state index contributed by atoms with van der Waals surface area (Å²) in [5.41, 5.74) is 3.33. The quantitative estimate of drug-likeness (QED) is 0.753. The van der Waals surface area contributed by atoms with E-state index in [1.165, 1.54) is 12.1 Å². The average molecular weight is 321 g/mol. The Morgan fingerprint density at radius 1 is 1.11 bits per heavy atom. The fourth-order valence-corrected chi connectivity index (χ4v) is 2.38. The lowest BCUT2D eigenvalue weighted by molar-refractivity contribution is 0.0992. The molecule has 0 aliphatic heterocycles. The molecule has 19 heavy (non-hydrogen) atoms. The fraction of sp³-hybridized carbons (Fsp3) is 0.188. The molecule has 0 aliphatic carbocycles. The fourth-order valence-electron chi connectivity index (χ4n) is 2.02. The number of carbonyl (C=O) groups excluding carboxylic acids is 1. The van der Waals surface area contributed by atoms with Gasteiger partial charge in [-0.3, -0.25) is 4.79 Å². The maximum atomic E-state index is 13.0. The molecule has 0 saturated heterocycles. The first-order valence-electron chi connectivity index (χ1n) is 6.02. The van der Waals surface area contributed by atoms with E-state index in [2.05, 4.69) is 15.9 Å². The van der Waals surface area contributed by atoms with Crippen LogP contribution in [0.3, 0.4) is 0 Å². The Balaban J connectivity index is 2.28. The van der Waals surface area contributed by atoms with Gasteiger partial charge in [-0.15, -0.1) is 0 Å². The van der Waals surface area contributed by atoms with Crippen molar-refractivity contribution < 1.29 is 9.18 Å². The Bertz CT molecular complexity index is 635. The minimum absolute atomic E-state index is 0.0495. The molecule has 2 aromatic rings. The van der Waals surface area contributed by atoms with Crippen LogP contribution in [-0.2, 0) is 6.42 Å². The second kappa shape index (κ2) is 5.66. The summed E-state index contributed by atoms with van der Waals surface area (Å²) in [7, 11) is 0.